The van der Waals surface area contributed by atoms with Crippen LogP contribution in [0.1, 0.15) is 22.4 Å². The van der Waals surface area contributed by atoms with Crippen LogP contribution in [0.2, 0.25) is 0 Å². The van der Waals surface area contributed by atoms with Gasteiger partial charge in [-0.3, -0.25) is 4.99 Å². The second-order valence-electron chi connectivity index (χ2n) is 6.03. The van der Waals surface area contributed by atoms with Gasteiger partial charge in [0.1, 0.15) is 0 Å². The van der Waals surface area contributed by atoms with Gasteiger partial charge in [-0.25, -0.2) is 4.98 Å². The molecule has 0 saturated carbocycles. The van der Waals surface area contributed by atoms with E-state index in [4.69, 9.17) is 0 Å². The fourth-order valence-corrected chi connectivity index (χ4v) is 3.24. The number of likely N-dealkylation sites (N-methyl/N-ethyl adjacent to an activating group) is 1. The molecule has 0 aliphatic carbocycles. The highest BCUT2D eigenvalue weighted by Gasteiger charge is 2.02. The molecule has 2 N–H and O–H groups in total. The lowest BCUT2D eigenvalue weighted by atomic mass is 10.2. The molecule has 1 aromatic carbocycles. The Morgan fingerprint density at radius 1 is 1.23 bits per heavy atom. The van der Waals surface area contributed by atoms with Crippen molar-refractivity contribution in [2.75, 3.05) is 33.2 Å². The monoisotopic (exact) mass is 487 g/mol. The molecule has 0 bridgehead atoms. The number of thiazole rings is 1. The highest BCUT2D eigenvalue weighted by Crippen LogP contribution is 2.10. The van der Waals surface area contributed by atoms with Gasteiger partial charge in [0.15, 0.2) is 5.96 Å². The molecule has 2 rings (SSSR count). The summed E-state index contributed by atoms with van der Waals surface area (Å²) in [4.78, 5) is 12.6. The second kappa shape index (κ2) is 13.1. The number of hydrogen-bond acceptors (Lipinski definition) is 4. The molecule has 2 aromatic rings. The lowest BCUT2D eigenvalue weighted by Gasteiger charge is -2.16. The standard InChI is InChI=1S/C19H29N5S.HI/c1-4-20-19(21-11-10-18-23-14-16(2)25-18)22-12-13-24(3)15-17-8-6-5-7-9-17;/h5-9,14H,4,10-13,15H2,1-3H3,(H2,20,21,22);1H. The maximum atomic E-state index is 4.67. The molecule has 0 fully saturated rings. The average Bonchev–Trinajstić information content (AvgIpc) is 3.01. The molecule has 26 heavy (non-hydrogen) atoms. The number of benzene rings is 1. The minimum Gasteiger partial charge on any atom is -0.357 e. The van der Waals surface area contributed by atoms with Crippen LogP contribution in [0.3, 0.4) is 0 Å². The van der Waals surface area contributed by atoms with E-state index < -0.39 is 0 Å². The number of hydrogen-bond donors (Lipinski definition) is 2. The molecule has 0 aliphatic heterocycles. The van der Waals surface area contributed by atoms with Gasteiger partial charge in [0.05, 0.1) is 11.6 Å². The first-order valence-corrected chi connectivity index (χ1v) is 9.65. The second-order valence-corrected chi connectivity index (χ2v) is 7.34. The molecule has 0 unspecified atom stereocenters. The summed E-state index contributed by atoms with van der Waals surface area (Å²) in [5.74, 6) is 0.879. The number of rotatable bonds is 9. The van der Waals surface area contributed by atoms with E-state index in [0.29, 0.717) is 0 Å². The zero-order valence-corrected chi connectivity index (χ0v) is 19.0. The van der Waals surface area contributed by atoms with Crippen molar-refractivity contribution < 1.29 is 0 Å². The first-order valence-electron chi connectivity index (χ1n) is 8.83. The molecule has 0 radical (unpaired) electrons. The van der Waals surface area contributed by atoms with E-state index >= 15 is 0 Å². The van der Waals surface area contributed by atoms with Gasteiger partial charge in [-0.2, -0.15) is 0 Å². The Kier molecular flexibility index (Phi) is 11.5. The third-order valence-corrected chi connectivity index (χ3v) is 4.66. The minimum absolute atomic E-state index is 0. The first kappa shape index (κ1) is 22.9. The fraction of sp³-hybridized carbons (Fsp3) is 0.474. The highest BCUT2D eigenvalue weighted by atomic mass is 127. The van der Waals surface area contributed by atoms with Gasteiger partial charge in [-0.15, -0.1) is 35.3 Å². The van der Waals surface area contributed by atoms with Gasteiger partial charge in [0, 0.05) is 43.7 Å². The summed E-state index contributed by atoms with van der Waals surface area (Å²) in [7, 11) is 2.13. The minimum atomic E-state index is 0. The molecule has 1 heterocycles. The average molecular weight is 487 g/mol. The van der Waals surface area contributed by atoms with Crippen LogP contribution in [-0.2, 0) is 13.0 Å². The third kappa shape index (κ3) is 8.95. The normalized spacial score (nSPS) is 11.3. The zero-order valence-electron chi connectivity index (χ0n) is 15.9. The Morgan fingerprint density at radius 2 is 2.00 bits per heavy atom. The third-order valence-electron chi connectivity index (χ3n) is 3.69. The molecule has 0 spiro atoms. The van der Waals surface area contributed by atoms with E-state index in [-0.39, 0.29) is 24.0 Å². The van der Waals surface area contributed by atoms with Gasteiger partial charge in [0.25, 0.3) is 0 Å². The number of nitrogens with zero attached hydrogens (tertiary/aromatic N) is 3. The van der Waals surface area contributed by atoms with Crippen molar-refractivity contribution in [3.05, 3.63) is 52.0 Å². The molecule has 1 aromatic heterocycles. The maximum Gasteiger partial charge on any atom is 0.191 e. The number of aromatic nitrogens is 1. The van der Waals surface area contributed by atoms with Crippen LogP contribution in [0, 0.1) is 6.92 Å². The lowest BCUT2D eigenvalue weighted by Crippen LogP contribution is -2.38. The Bertz CT molecular complexity index is 644. The van der Waals surface area contributed by atoms with Crippen molar-refractivity contribution in [2.24, 2.45) is 4.99 Å². The van der Waals surface area contributed by atoms with Gasteiger partial charge < -0.3 is 15.5 Å². The summed E-state index contributed by atoms with van der Waals surface area (Å²) in [5, 5.41) is 7.86. The number of aryl methyl sites for hydroxylation is 1. The predicted molar refractivity (Wildman–Crippen MR) is 123 cm³/mol. The van der Waals surface area contributed by atoms with Crippen LogP contribution >= 0.6 is 35.3 Å². The summed E-state index contributed by atoms with van der Waals surface area (Å²) in [6.45, 7) is 8.53. The highest BCUT2D eigenvalue weighted by molar-refractivity contribution is 14.0. The van der Waals surface area contributed by atoms with Crippen LogP contribution in [0.25, 0.3) is 0 Å². The number of nitrogens with one attached hydrogen (secondary N) is 2. The van der Waals surface area contributed by atoms with Crippen molar-refractivity contribution in [2.45, 2.75) is 26.8 Å². The van der Waals surface area contributed by atoms with E-state index in [1.54, 1.807) is 11.3 Å². The molecule has 144 valence electrons. The lowest BCUT2D eigenvalue weighted by molar-refractivity contribution is 0.336. The molecular formula is C19H30IN5S. The van der Waals surface area contributed by atoms with E-state index in [2.05, 4.69) is 76.7 Å². The summed E-state index contributed by atoms with van der Waals surface area (Å²) in [5.41, 5.74) is 1.33. The van der Waals surface area contributed by atoms with Crippen LogP contribution < -0.4 is 10.6 Å². The molecule has 0 aliphatic rings. The molecule has 7 heteroatoms. The number of aliphatic imine (C=N–C) groups is 1. The van der Waals surface area contributed by atoms with Gasteiger partial charge in [-0.1, -0.05) is 30.3 Å². The van der Waals surface area contributed by atoms with Crippen molar-refractivity contribution in [3.8, 4) is 0 Å². The van der Waals surface area contributed by atoms with Crippen molar-refractivity contribution >= 4 is 41.3 Å². The van der Waals surface area contributed by atoms with Crippen molar-refractivity contribution in [3.63, 3.8) is 0 Å². The molecular weight excluding hydrogens is 457 g/mol. The summed E-state index contributed by atoms with van der Waals surface area (Å²) in [6.07, 6.45) is 2.86. The maximum absolute atomic E-state index is 4.67. The van der Waals surface area contributed by atoms with E-state index in [1.165, 1.54) is 15.4 Å². The van der Waals surface area contributed by atoms with Crippen LogP contribution in [0.15, 0.2) is 41.5 Å². The largest absolute Gasteiger partial charge is 0.357 e. The predicted octanol–water partition coefficient (Wildman–Crippen LogP) is 3.30. The smallest absolute Gasteiger partial charge is 0.191 e. The fourth-order valence-electron chi connectivity index (χ4n) is 2.45. The van der Waals surface area contributed by atoms with Crippen molar-refractivity contribution in [1.82, 2.24) is 20.5 Å². The molecule has 0 saturated heterocycles. The van der Waals surface area contributed by atoms with E-state index in [1.807, 2.05) is 6.20 Å². The quantitative estimate of drug-likeness (QED) is 0.324. The van der Waals surface area contributed by atoms with Gasteiger partial charge in [0.2, 0.25) is 0 Å². The summed E-state index contributed by atoms with van der Waals surface area (Å²) in [6, 6.07) is 10.5. The first-order chi connectivity index (χ1) is 12.2. The van der Waals surface area contributed by atoms with E-state index in [0.717, 1.165) is 45.1 Å². The number of halogens is 1. The Balaban J connectivity index is 0.00000338. The molecule has 0 atom stereocenters. The Labute approximate surface area is 178 Å². The Hall–Kier alpha value is -1.19. The Morgan fingerprint density at radius 3 is 2.65 bits per heavy atom. The van der Waals surface area contributed by atoms with Crippen molar-refractivity contribution in [1.29, 1.82) is 0 Å². The van der Waals surface area contributed by atoms with E-state index in [9.17, 15) is 0 Å². The summed E-state index contributed by atoms with van der Waals surface area (Å²) >= 11 is 1.76. The SMILES string of the molecule is CCNC(=NCCN(C)Cc1ccccc1)NCCc1ncc(C)s1.I. The molecule has 0 amide bonds. The summed E-state index contributed by atoms with van der Waals surface area (Å²) < 4.78 is 0. The van der Waals surface area contributed by atoms with Crippen LogP contribution in [-0.4, -0.2) is 49.1 Å². The zero-order chi connectivity index (χ0) is 17.9. The van der Waals surface area contributed by atoms with Gasteiger partial charge in [-0.05, 0) is 26.5 Å². The van der Waals surface area contributed by atoms with Crippen LogP contribution in [0.4, 0.5) is 0 Å². The number of guanidine groups is 1. The van der Waals surface area contributed by atoms with Crippen LogP contribution in [0.5, 0.6) is 0 Å². The topological polar surface area (TPSA) is 52.6 Å². The van der Waals surface area contributed by atoms with Gasteiger partial charge >= 0.3 is 0 Å². The molecule has 5 nitrogen and oxygen atoms in total.